The van der Waals surface area contributed by atoms with E-state index in [-0.39, 0.29) is 14.9 Å². The van der Waals surface area contributed by atoms with Crippen molar-refractivity contribution >= 4 is 33.4 Å². The first kappa shape index (κ1) is 15.6. The summed E-state index contributed by atoms with van der Waals surface area (Å²) >= 11 is 7.44. The summed E-state index contributed by atoms with van der Waals surface area (Å²) in [5, 5.41) is -0.181. The van der Waals surface area contributed by atoms with Crippen LogP contribution in [0.4, 0.5) is 4.39 Å². The third-order valence-electron chi connectivity index (χ3n) is 3.83. The lowest BCUT2D eigenvalue weighted by atomic mass is 10.1. The van der Waals surface area contributed by atoms with Crippen molar-refractivity contribution in [2.75, 3.05) is 25.4 Å². The van der Waals surface area contributed by atoms with Gasteiger partial charge in [0.05, 0.1) is 16.5 Å². The van der Waals surface area contributed by atoms with Crippen LogP contribution in [-0.4, -0.2) is 43.1 Å². The molecule has 0 aromatic heterocycles. The fraction of sp³-hybridized carbons (Fsp3) is 0.538. The van der Waals surface area contributed by atoms with Gasteiger partial charge in [0.15, 0.2) is 0 Å². The van der Waals surface area contributed by atoms with Crippen molar-refractivity contribution in [3.8, 4) is 0 Å². The van der Waals surface area contributed by atoms with E-state index in [1.165, 1.54) is 10.4 Å². The summed E-state index contributed by atoms with van der Waals surface area (Å²) in [4.78, 5) is -0.184. The van der Waals surface area contributed by atoms with Gasteiger partial charge in [0, 0.05) is 18.8 Å². The van der Waals surface area contributed by atoms with Crippen LogP contribution in [0.25, 0.3) is 0 Å². The number of ether oxygens (including phenoxy) is 1. The van der Waals surface area contributed by atoms with E-state index < -0.39 is 15.8 Å². The molecule has 2 heterocycles. The first-order chi connectivity index (χ1) is 9.93. The van der Waals surface area contributed by atoms with Crippen LogP contribution in [0.3, 0.4) is 0 Å². The van der Waals surface area contributed by atoms with Crippen LogP contribution in [-0.2, 0) is 14.8 Å². The van der Waals surface area contributed by atoms with Crippen LogP contribution in [0.5, 0.6) is 0 Å². The molecule has 1 aromatic rings. The molecule has 0 atom stereocenters. The first-order valence-corrected chi connectivity index (χ1v) is 9.46. The van der Waals surface area contributed by atoms with Crippen LogP contribution >= 0.6 is 23.4 Å². The van der Waals surface area contributed by atoms with Gasteiger partial charge in [-0.15, -0.1) is 11.8 Å². The van der Waals surface area contributed by atoms with Crippen molar-refractivity contribution in [1.29, 1.82) is 0 Å². The molecule has 0 aliphatic carbocycles. The molecular formula is C13H15ClFNO3S2. The predicted molar refractivity (Wildman–Crippen MR) is 80.5 cm³/mol. The van der Waals surface area contributed by atoms with Crippen LogP contribution in [0.15, 0.2) is 23.1 Å². The van der Waals surface area contributed by atoms with Gasteiger partial charge in [-0.05, 0) is 31.0 Å². The number of hydrogen-bond donors (Lipinski definition) is 0. The van der Waals surface area contributed by atoms with Crippen molar-refractivity contribution in [3.05, 3.63) is 29.0 Å². The number of benzene rings is 1. The number of thioether (sulfide) groups is 1. The van der Waals surface area contributed by atoms with E-state index in [1.54, 1.807) is 11.8 Å². The lowest BCUT2D eigenvalue weighted by Gasteiger charge is -2.37. The summed E-state index contributed by atoms with van der Waals surface area (Å²) in [6, 6.07) is 3.50. The summed E-state index contributed by atoms with van der Waals surface area (Å²) < 4.78 is 45.4. The molecule has 2 aliphatic rings. The molecular weight excluding hydrogens is 337 g/mol. The number of nitrogens with zero attached hydrogens (tertiary/aromatic N) is 1. The molecule has 116 valence electrons. The SMILES string of the molecule is O=S(=O)(c1ccc(F)c(Cl)c1)N1CCC2(CC1)OCCS2. The Morgan fingerprint density at radius 1 is 1.33 bits per heavy atom. The molecule has 1 aromatic carbocycles. The number of hydrogen-bond acceptors (Lipinski definition) is 4. The topological polar surface area (TPSA) is 46.6 Å². The molecule has 0 N–H and O–H groups in total. The van der Waals surface area contributed by atoms with Gasteiger partial charge in [0.25, 0.3) is 0 Å². The number of rotatable bonds is 2. The highest BCUT2D eigenvalue weighted by molar-refractivity contribution is 8.00. The Bertz CT molecular complexity index is 637. The minimum Gasteiger partial charge on any atom is -0.363 e. The molecule has 0 radical (unpaired) electrons. The Morgan fingerprint density at radius 2 is 2.05 bits per heavy atom. The number of halogens is 2. The molecule has 3 rings (SSSR count). The third-order valence-corrected chi connectivity index (χ3v) is 7.43. The van der Waals surface area contributed by atoms with Crippen molar-refractivity contribution in [1.82, 2.24) is 4.31 Å². The monoisotopic (exact) mass is 351 g/mol. The van der Waals surface area contributed by atoms with Gasteiger partial charge in [-0.1, -0.05) is 11.6 Å². The van der Waals surface area contributed by atoms with Gasteiger partial charge in [-0.3, -0.25) is 0 Å². The summed E-state index contributed by atoms with van der Waals surface area (Å²) in [6.45, 7) is 1.54. The van der Waals surface area contributed by atoms with Crippen molar-refractivity contribution in [2.24, 2.45) is 0 Å². The third kappa shape index (κ3) is 2.94. The van der Waals surface area contributed by atoms with E-state index in [0.29, 0.717) is 25.9 Å². The van der Waals surface area contributed by atoms with Crippen molar-refractivity contribution < 1.29 is 17.5 Å². The highest BCUT2D eigenvalue weighted by Crippen LogP contribution is 2.42. The Morgan fingerprint density at radius 3 is 2.62 bits per heavy atom. The van der Waals surface area contributed by atoms with Crippen LogP contribution in [0, 0.1) is 5.82 Å². The van der Waals surface area contributed by atoms with Gasteiger partial charge < -0.3 is 4.74 Å². The zero-order valence-electron chi connectivity index (χ0n) is 11.2. The van der Waals surface area contributed by atoms with E-state index in [2.05, 4.69) is 0 Å². The summed E-state index contributed by atoms with van der Waals surface area (Å²) in [7, 11) is -3.63. The van der Waals surface area contributed by atoms with E-state index in [0.717, 1.165) is 24.5 Å². The minimum atomic E-state index is -3.63. The molecule has 8 heteroatoms. The maximum absolute atomic E-state index is 13.2. The Labute approximate surface area is 132 Å². The molecule has 21 heavy (non-hydrogen) atoms. The van der Waals surface area contributed by atoms with Crippen LogP contribution in [0.2, 0.25) is 5.02 Å². The van der Waals surface area contributed by atoms with Gasteiger partial charge in [0.1, 0.15) is 10.8 Å². The van der Waals surface area contributed by atoms with Crippen molar-refractivity contribution in [2.45, 2.75) is 22.7 Å². The van der Waals surface area contributed by atoms with Crippen molar-refractivity contribution in [3.63, 3.8) is 0 Å². The molecule has 0 bridgehead atoms. The first-order valence-electron chi connectivity index (χ1n) is 6.66. The quantitative estimate of drug-likeness (QED) is 0.822. The normalized spacial score (nSPS) is 22.8. The molecule has 4 nitrogen and oxygen atoms in total. The zero-order valence-corrected chi connectivity index (χ0v) is 13.6. The molecule has 2 aliphatic heterocycles. The summed E-state index contributed by atoms with van der Waals surface area (Å²) in [5.74, 6) is 0.337. The van der Waals surface area contributed by atoms with Gasteiger partial charge in [0.2, 0.25) is 10.0 Å². The highest BCUT2D eigenvalue weighted by Gasteiger charge is 2.42. The maximum atomic E-state index is 13.2. The minimum absolute atomic E-state index is 0.0323. The lowest BCUT2D eigenvalue weighted by Crippen LogP contribution is -2.44. The van der Waals surface area contributed by atoms with Crippen LogP contribution < -0.4 is 0 Å². The van der Waals surface area contributed by atoms with E-state index in [4.69, 9.17) is 16.3 Å². The Hall–Kier alpha value is -0.340. The second-order valence-electron chi connectivity index (χ2n) is 5.09. The molecule has 1 spiro atoms. The van der Waals surface area contributed by atoms with Gasteiger partial charge in [-0.25, -0.2) is 12.8 Å². The number of piperidine rings is 1. The average molecular weight is 352 g/mol. The summed E-state index contributed by atoms with van der Waals surface area (Å²) in [5.41, 5.74) is 0. The predicted octanol–water partition coefficient (Wildman–Crippen LogP) is 2.72. The molecule has 2 saturated heterocycles. The second-order valence-corrected chi connectivity index (χ2v) is 8.87. The number of sulfonamides is 1. The summed E-state index contributed by atoms with van der Waals surface area (Å²) in [6.07, 6.45) is 1.34. The average Bonchev–Trinajstić information content (AvgIpc) is 2.90. The molecule has 0 unspecified atom stereocenters. The van der Waals surface area contributed by atoms with Gasteiger partial charge >= 0.3 is 0 Å². The maximum Gasteiger partial charge on any atom is 0.243 e. The molecule has 2 fully saturated rings. The zero-order chi connectivity index (χ0) is 15.1. The van der Waals surface area contributed by atoms with E-state index >= 15 is 0 Å². The second kappa shape index (κ2) is 5.70. The van der Waals surface area contributed by atoms with Gasteiger partial charge in [-0.2, -0.15) is 4.31 Å². The van der Waals surface area contributed by atoms with E-state index in [9.17, 15) is 12.8 Å². The molecule has 0 saturated carbocycles. The molecule has 0 amide bonds. The van der Waals surface area contributed by atoms with Crippen LogP contribution in [0.1, 0.15) is 12.8 Å². The Balaban J connectivity index is 1.78. The standard InChI is InChI=1S/C13H15ClFNO3S2/c14-11-9-10(1-2-12(11)15)21(17,18)16-5-3-13(4-6-16)19-7-8-20-13/h1-2,9H,3-8H2. The highest BCUT2D eigenvalue weighted by atomic mass is 35.5. The largest absolute Gasteiger partial charge is 0.363 e. The van der Waals surface area contributed by atoms with E-state index in [1.807, 2.05) is 0 Å². The smallest absolute Gasteiger partial charge is 0.243 e. The lowest BCUT2D eigenvalue weighted by molar-refractivity contribution is 0.0162. The fourth-order valence-electron chi connectivity index (χ4n) is 2.64. The Kier molecular flexibility index (Phi) is 4.22. The fourth-order valence-corrected chi connectivity index (χ4v) is 5.53.